The second-order valence-corrected chi connectivity index (χ2v) is 13.0. The fraction of sp³-hybridized carbons (Fsp3) is 0.0889. The van der Waals surface area contributed by atoms with E-state index in [-0.39, 0.29) is 17.9 Å². The summed E-state index contributed by atoms with van der Waals surface area (Å²) in [6, 6.07) is 44.1. The van der Waals surface area contributed by atoms with Gasteiger partial charge in [0, 0.05) is 33.6 Å². The van der Waals surface area contributed by atoms with Crippen molar-refractivity contribution in [2.45, 2.75) is 24.4 Å². The number of benzene rings is 5. The van der Waals surface area contributed by atoms with Gasteiger partial charge >= 0.3 is 0 Å². The molecule has 7 aromatic rings. The summed E-state index contributed by atoms with van der Waals surface area (Å²) in [4.78, 5) is 15.5. The molecule has 3 atom stereocenters. The summed E-state index contributed by atoms with van der Waals surface area (Å²) in [5, 5.41) is 1.14. The van der Waals surface area contributed by atoms with Crippen molar-refractivity contribution < 1.29 is 9.15 Å². The van der Waals surface area contributed by atoms with Gasteiger partial charge in [0.25, 0.3) is 0 Å². The minimum absolute atomic E-state index is 0.0333. The van der Waals surface area contributed by atoms with Crippen LogP contribution in [0, 0.1) is 0 Å². The second-order valence-electron chi connectivity index (χ2n) is 13.0. The molecule has 0 fully saturated rings. The zero-order chi connectivity index (χ0) is 33.0. The van der Waals surface area contributed by atoms with Crippen molar-refractivity contribution in [3.05, 3.63) is 180 Å². The molecule has 5 nitrogen and oxygen atoms in total. The number of nitrogens with zero attached hydrogens (tertiary/aromatic N) is 3. The van der Waals surface area contributed by atoms with Crippen LogP contribution >= 0.6 is 0 Å². The van der Waals surface area contributed by atoms with Gasteiger partial charge in [-0.25, -0.2) is 15.0 Å². The normalized spacial score (nSPS) is 18.6. The lowest BCUT2D eigenvalue weighted by molar-refractivity contribution is 0.271. The molecule has 5 heteroatoms. The van der Waals surface area contributed by atoms with Gasteiger partial charge in [0.2, 0.25) is 0 Å². The smallest absolute Gasteiger partial charge is 0.163 e. The summed E-state index contributed by atoms with van der Waals surface area (Å²) < 4.78 is 12.8. The first kappa shape index (κ1) is 28.7. The zero-order valence-corrected chi connectivity index (χ0v) is 27.1. The fourth-order valence-corrected chi connectivity index (χ4v) is 7.68. The molecular weight excluding hydrogens is 615 g/mol. The Morgan fingerprint density at radius 2 is 1.32 bits per heavy atom. The number of para-hydroxylation sites is 1. The lowest BCUT2D eigenvalue weighted by Gasteiger charge is -2.24. The minimum atomic E-state index is -0.162. The predicted octanol–water partition coefficient (Wildman–Crippen LogP) is 10.5. The van der Waals surface area contributed by atoms with E-state index in [9.17, 15) is 0 Å². The zero-order valence-electron chi connectivity index (χ0n) is 27.1. The Labute approximate surface area is 290 Å². The van der Waals surface area contributed by atoms with Crippen LogP contribution in [-0.4, -0.2) is 21.1 Å². The third-order valence-electron chi connectivity index (χ3n) is 10.1. The summed E-state index contributed by atoms with van der Waals surface area (Å²) >= 11 is 0. The Bertz CT molecular complexity index is 2490. The van der Waals surface area contributed by atoms with E-state index in [0.29, 0.717) is 11.6 Å². The third-order valence-corrected chi connectivity index (χ3v) is 10.1. The van der Waals surface area contributed by atoms with E-state index in [1.165, 1.54) is 16.7 Å². The summed E-state index contributed by atoms with van der Waals surface area (Å²) in [5.74, 6) is 3.78. The largest absolute Gasteiger partial charge is 0.485 e. The van der Waals surface area contributed by atoms with Gasteiger partial charge in [-0.2, -0.15) is 0 Å². The van der Waals surface area contributed by atoms with E-state index in [1.54, 1.807) is 0 Å². The average molecular weight is 646 g/mol. The van der Waals surface area contributed by atoms with E-state index in [1.807, 2.05) is 36.4 Å². The van der Waals surface area contributed by atoms with E-state index in [0.717, 1.165) is 62.6 Å². The summed E-state index contributed by atoms with van der Waals surface area (Å²) in [7, 11) is 0. The van der Waals surface area contributed by atoms with Crippen LogP contribution < -0.4 is 4.74 Å². The molecule has 238 valence electrons. The van der Waals surface area contributed by atoms with Crippen LogP contribution in [0.1, 0.15) is 40.4 Å². The van der Waals surface area contributed by atoms with Crippen molar-refractivity contribution >= 4 is 22.6 Å². The molecule has 0 amide bonds. The molecule has 2 aromatic heterocycles. The van der Waals surface area contributed by atoms with Crippen LogP contribution in [0.15, 0.2) is 156 Å². The summed E-state index contributed by atoms with van der Waals surface area (Å²) in [5.41, 5.74) is 9.94. The number of allylic oxidation sites excluding steroid dienone is 3. The van der Waals surface area contributed by atoms with Gasteiger partial charge in [-0.05, 0) is 53.0 Å². The number of hydrogen-bond acceptors (Lipinski definition) is 5. The van der Waals surface area contributed by atoms with Crippen LogP contribution in [0.3, 0.4) is 0 Å². The van der Waals surface area contributed by atoms with Crippen LogP contribution in [-0.2, 0) is 6.42 Å². The molecule has 0 saturated heterocycles. The topological polar surface area (TPSA) is 61.0 Å². The highest BCUT2D eigenvalue weighted by Gasteiger charge is 2.40. The molecule has 3 heterocycles. The van der Waals surface area contributed by atoms with Crippen molar-refractivity contribution in [3.8, 4) is 39.4 Å². The van der Waals surface area contributed by atoms with Gasteiger partial charge in [-0.3, -0.25) is 0 Å². The molecule has 2 aliphatic carbocycles. The average Bonchev–Trinajstić information content (AvgIpc) is 3.77. The molecule has 50 heavy (non-hydrogen) atoms. The van der Waals surface area contributed by atoms with Gasteiger partial charge in [-0.15, -0.1) is 0 Å². The Balaban J connectivity index is 1.07. The van der Waals surface area contributed by atoms with Crippen molar-refractivity contribution in [1.82, 2.24) is 15.0 Å². The summed E-state index contributed by atoms with van der Waals surface area (Å²) in [6.07, 6.45) is 11.2. The quantitative estimate of drug-likeness (QED) is 0.186. The molecular formula is C45H31N3O2. The lowest BCUT2D eigenvalue weighted by Crippen LogP contribution is -2.22. The third kappa shape index (κ3) is 4.81. The van der Waals surface area contributed by atoms with Crippen molar-refractivity contribution in [1.29, 1.82) is 0 Å². The highest BCUT2D eigenvalue weighted by atomic mass is 16.5. The molecule has 1 aliphatic heterocycles. The first-order valence-electron chi connectivity index (χ1n) is 17.1. The molecule has 0 N–H and O–H groups in total. The van der Waals surface area contributed by atoms with E-state index in [4.69, 9.17) is 24.1 Å². The number of rotatable bonds is 5. The van der Waals surface area contributed by atoms with Crippen LogP contribution in [0.2, 0.25) is 0 Å². The summed E-state index contributed by atoms with van der Waals surface area (Å²) in [6.45, 7) is 0. The van der Waals surface area contributed by atoms with Crippen LogP contribution in [0.25, 0.3) is 56.3 Å². The number of furan rings is 1. The van der Waals surface area contributed by atoms with Gasteiger partial charge in [-0.1, -0.05) is 133 Å². The molecule has 0 radical (unpaired) electrons. The molecule has 5 aromatic carbocycles. The minimum Gasteiger partial charge on any atom is -0.485 e. The Morgan fingerprint density at radius 3 is 2.16 bits per heavy atom. The van der Waals surface area contributed by atoms with Crippen molar-refractivity contribution in [2.24, 2.45) is 0 Å². The molecule has 10 rings (SSSR count). The molecule has 0 spiro atoms. The molecule has 3 unspecified atom stereocenters. The monoisotopic (exact) mass is 645 g/mol. The molecule has 0 bridgehead atoms. The second kappa shape index (κ2) is 11.7. The number of ether oxygens (including phenoxy) is 1. The Hall–Kier alpha value is -6.33. The molecule has 0 saturated carbocycles. The Kier molecular flexibility index (Phi) is 6.69. The fourth-order valence-electron chi connectivity index (χ4n) is 7.68. The maximum atomic E-state index is 6.63. The van der Waals surface area contributed by atoms with E-state index in [2.05, 4.69) is 121 Å². The van der Waals surface area contributed by atoms with Gasteiger partial charge < -0.3 is 9.15 Å². The van der Waals surface area contributed by atoms with E-state index >= 15 is 0 Å². The first-order chi connectivity index (χ1) is 24.8. The number of aromatic nitrogens is 3. The van der Waals surface area contributed by atoms with Crippen LogP contribution in [0.5, 0.6) is 5.75 Å². The predicted molar refractivity (Wildman–Crippen MR) is 199 cm³/mol. The highest BCUT2D eigenvalue weighted by molar-refractivity contribution is 5.86. The lowest BCUT2D eigenvalue weighted by atomic mass is 9.80. The SMILES string of the molecule is C1=CC2Oc3cccc(-c4ccc(-c5ccccc5)cc4)c3C2C(c2nc(-c3ccccc3)nc(C3C=Cc4oc5ccccc5c4C3)n2)=C1. The first-order valence-corrected chi connectivity index (χ1v) is 17.1. The number of hydrogen-bond donors (Lipinski definition) is 0. The highest BCUT2D eigenvalue weighted by Crippen LogP contribution is 2.51. The van der Waals surface area contributed by atoms with Crippen molar-refractivity contribution in [2.75, 3.05) is 0 Å². The molecule has 3 aliphatic rings. The maximum absolute atomic E-state index is 6.63. The van der Waals surface area contributed by atoms with Gasteiger partial charge in [0.1, 0.15) is 29.0 Å². The number of fused-ring (bicyclic) bond motifs is 6. The van der Waals surface area contributed by atoms with Crippen LogP contribution in [0.4, 0.5) is 0 Å². The maximum Gasteiger partial charge on any atom is 0.163 e. The van der Waals surface area contributed by atoms with Gasteiger partial charge in [0.05, 0.1) is 5.92 Å². The van der Waals surface area contributed by atoms with Gasteiger partial charge in [0.15, 0.2) is 11.6 Å². The standard InChI is InChI=1S/C45H31N3O2/c1-3-11-28(12-4-1)29-21-23-30(24-22-29)33-16-9-19-39-41(33)42-35(17-10-20-40(42)50-39)45-47-43(31-13-5-2-6-14-31)46-44(48-45)32-25-26-38-36(27-32)34-15-7-8-18-37(34)49-38/h1-26,32,40,42H,27H2. The van der Waals surface area contributed by atoms with E-state index < -0.39 is 0 Å². The van der Waals surface area contributed by atoms with Crippen molar-refractivity contribution in [3.63, 3.8) is 0 Å². The Morgan fingerprint density at radius 1 is 0.600 bits per heavy atom.